The summed E-state index contributed by atoms with van der Waals surface area (Å²) in [6.45, 7) is 0. The van der Waals surface area contributed by atoms with Crippen LogP contribution in [0.25, 0.3) is 156 Å². The number of hydrogen-bond donors (Lipinski definition) is 0. The van der Waals surface area contributed by atoms with E-state index in [0.717, 1.165) is 133 Å². The highest BCUT2D eigenvalue weighted by atomic mass is 16.3. The third-order valence-electron chi connectivity index (χ3n) is 16.0. The molecule has 0 aliphatic rings. The molecule has 0 aliphatic carbocycles. The lowest BCUT2D eigenvalue weighted by atomic mass is 9.91. The number of fused-ring (bicyclic) bond motifs is 10. The molecular formula is C75H47N5O. The van der Waals surface area contributed by atoms with Gasteiger partial charge in [0.05, 0.1) is 33.1 Å². The Morgan fingerprint density at radius 3 is 1.23 bits per heavy atom. The number of benzene rings is 12. The molecular weight excluding hydrogens is 987 g/mol. The van der Waals surface area contributed by atoms with Crippen LogP contribution in [0.1, 0.15) is 0 Å². The number of hydrogen-bond acceptors (Lipinski definition) is 4. The van der Waals surface area contributed by atoms with E-state index in [2.05, 4.69) is 258 Å². The first-order valence-corrected chi connectivity index (χ1v) is 27.4. The number of nitrogens with zero attached hydrogens (tertiary/aromatic N) is 5. The average molecular weight is 1030 g/mol. The van der Waals surface area contributed by atoms with Crippen molar-refractivity contribution >= 4 is 65.6 Å². The second-order valence-corrected chi connectivity index (χ2v) is 20.7. The molecule has 0 fully saturated rings. The smallest absolute Gasteiger partial charge is 0.164 e. The Balaban J connectivity index is 0.996. The highest BCUT2D eigenvalue weighted by Gasteiger charge is 2.26. The summed E-state index contributed by atoms with van der Waals surface area (Å²) in [6.07, 6.45) is 0. The predicted octanol–water partition coefficient (Wildman–Crippen LogP) is 19.6. The summed E-state index contributed by atoms with van der Waals surface area (Å²) < 4.78 is 12.1. The monoisotopic (exact) mass is 1030 g/mol. The fraction of sp³-hybridized carbons (Fsp3) is 0. The van der Waals surface area contributed by atoms with E-state index >= 15 is 0 Å². The fourth-order valence-electron chi connectivity index (χ4n) is 12.2. The van der Waals surface area contributed by atoms with Crippen molar-refractivity contribution in [2.45, 2.75) is 0 Å². The van der Waals surface area contributed by atoms with Crippen LogP contribution in [0.2, 0.25) is 0 Å². The molecule has 0 atom stereocenters. The number of para-hydroxylation sites is 3. The topological polar surface area (TPSA) is 61.7 Å². The predicted molar refractivity (Wildman–Crippen MR) is 334 cm³/mol. The van der Waals surface area contributed by atoms with Crippen LogP contribution >= 0.6 is 0 Å². The minimum absolute atomic E-state index is 0.574. The number of aromatic nitrogens is 5. The molecule has 4 aromatic heterocycles. The first-order valence-electron chi connectivity index (χ1n) is 27.4. The van der Waals surface area contributed by atoms with E-state index in [-0.39, 0.29) is 0 Å². The number of furan rings is 1. The van der Waals surface area contributed by atoms with Crippen LogP contribution in [0.15, 0.2) is 290 Å². The normalized spacial score (nSPS) is 11.7. The molecule has 0 saturated heterocycles. The lowest BCUT2D eigenvalue weighted by molar-refractivity contribution is 0.673. The highest BCUT2D eigenvalue weighted by molar-refractivity contribution is 6.26. The minimum atomic E-state index is 0.574. The van der Waals surface area contributed by atoms with Crippen molar-refractivity contribution in [1.29, 1.82) is 0 Å². The molecule has 0 aliphatic heterocycles. The van der Waals surface area contributed by atoms with E-state index in [1.807, 2.05) is 36.4 Å². The summed E-state index contributed by atoms with van der Waals surface area (Å²) in [4.78, 5) is 15.8. The van der Waals surface area contributed by atoms with Crippen molar-refractivity contribution in [1.82, 2.24) is 24.1 Å². The SMILES string of the molecule is c1ccc(-c2ccc(-c3cc(-c4nc(-c5ccccc5)nc(-c5ccccc5)n4)cc(-c4ccc(-c5ccccc5)cc4)c3-n3c4ccccc4c4c5oc6cc7c8ccccc8n(-c8ccccc8)c7cc6c5ccc43)cc2)cc1. The molecule has 0 N–H and O–H groups in total. The van der Waals surface area contributed by atoms with Crippen molar-refractivity contribution in [3.63, 3.8) is 0 Å². The van der Waals surface area contributed by atoms with Crippen molar-refractivity contribution in [3.8, 4) is 90.0 Å². The zero-order chi connectivity index (χ0) is 53.4. The first kappa shape index (κ1) is 46.2. The van der Waals surface area contributed by atoms with E-state index in [4.69, 9.17) is 19.4 Å². The van der Waals surface area contributed by atoms with Crippen molar-refractivity contribution < 1.29 is 4.42 Å². The third-order valence-corrected chi connectivity index (χ3v) is 16.0. The summed E-state index contributed by atoms with van der Waals surface area (Å²) in [7, 11) is 0. The molecule has 6 nitrogen and oxygen atoms in total. The second-order valence-electron chi connectivity index (χ2n) is 20.7. The molecule has 0 saturated carbocycles. The van der Waals surface area contributed by atoms with E-state index in [1.165, 1.54) is 5.39 Å². The zero-order valence-corrected chi connectivity index (χ0v) is 43.8. The van der Waals surface area contributed by atoms with Gasteiger partial charge in [0.1, 0.15) is 11.2 Å². The summed E-state index contributed by atoms with van der Waals surface area (Å²) >= 11 is 0. The van der Waals surface area contributed by atoms with Crippen molar-refractivity contribution in [2.75, 3.05) is 0 Å². The number of rotatable bonds is 9. The van der Waals surface area contributed by atoms with Gasteiger partial charge in [0.15, 0.2) is 17.5 Å². The molecule has 12 aromatic carbocycles. The molecule has 0 spiro atoms. The summed E-state index contributed by atoms with van der Waals surface area (Å²) in [6, 6.07) is 101. The summed E-state index contributed by atoms with van der Waals surface area (Å²) in [5, 5.41) is 6.61. The van der Waals surface area contributed by atoms with Gasteiger partial charge in [0.25, 0.3) is 0 Å². The molecule has 0 unspecified atom stereocenters. The Labute approximate surface area is 466 Å². The first-order chi connectivity index (χ1) is 40.2. The maximum absolute atomic E-state index is 7.26. The maximum Gasteiger partial charge on any atom is 0.164 e. The van der Waals surface area contributed by atoms with Crippen LogP contribution in [0.4, 0.5) is 0 Å². The van der Waals surface area contributed by atoms with Crippen molar-refractivity contribution in [2.24, 2.45) is 0 Å². The maximum atomic E-state index is 7.26. The zero-order valence-electron chi connectivity index (χ0n) is 43.8. The molecule has 16 aromatic rings. The van der Waals surface area contributed by atoms with Crippen LogP contribution in [0, 0.1) is 0 Å². The van der Waals surface area contributed by atoms with Crippen LogP contribution in [0.3, 0.4) is 0 Å². The van der Waals surface area contributed by atoms with Gasteiger partial charge in [-0.2, -0.15) is 0 Å². The van der Waals surface area contributed by atoms with Gasteiger partial charge >= 0.3 is 0 Å². The quantitative estimate of drug-likeness (QED) is 0.145. The molecule has 378 valence electrons. The Morgan fingerprint density at radius 1 is 0.259 bits per heavy atom. The Hall–Kier alpha value is -11.0. The molecule has 0 bridgehead atoms. The molecule has 0 radical (unpaired) electrons. The van der Waals surface area contributed by atoms with Gasteiger partial charge in [-0.3, -0.25) is 0 Å². The Kier molecular flexibility index (Phi) is 10.8. The fourth-order valence-corrected chi connectivity index (χ4v) is 12.2. The van der Waals surface area contributed by atoms with E-state index in [9.17, 15) is 0 Å². The van der Waals surface area contributed by atoms with Gasteiger partial charge in [0.2, 0.25) is 0 Å². The van der Waals surface area contributed by atoms with Gasteiger partial charge in [-0.05, 0) is 94.0 Å². The van der Waals surface area contributed by atoms with Crippen LogP contribution in [-0.4, -0.2) is 24.1 Å². The largest absolute Gasteiger partial charge is 0.455 e. The third kappa shape index (κ3) is 7.76. The molecule has 4 heterocycles. The van der Waals surface area contributed by atoms with Gasteiger partial charge < -0.3 is 13.6 Å². The Bertz CT molecular complexity index is 4890. The van der Waals surface area contributed by atoms with E-state index in [1.54, 1.807) is 0 Å². The Morgan fingerprint density at radius 2 is 0.691 bits per heavy atom. The lowest BCUT2D eigenvalue weighted by Gasteiger charge is -2.21. The van der Waals surface area contributed by atoms with E-state index < -0.39 is 0 Å². The van der Waals surface area contributed by atoms with E-state index in [0.29, 0.717) is 17.5 Å². The highest BCUT2D eigenvalue weighted by Crippen LogP contribution is 2.48. The van der Waals surface area contributed by atoms with Gasteiger partial charge in [-0.15, -0.1) is 0 Å². The molecule has 81 heavy (non-hydrogen) atoms. The summed E-state index contributed by atoms with van der Waals surface area (Å²) in [5.74, 6) is 1.78. The second kappa shape index (κ2) is 18.9. The van der Waals surface area contributed by atoms with Gasteiger partial charge in [-0.1, -0.05) is 224 Å². The minimum Gasteiger partial charge on any atom is -0.455 e. The van der Waals surface area contributed by atoms with Gasteiger partial charge in [0, 0.05) is 60.4 Å². The molecule has 6 heteroatoms. The molecule has 0 amide bonds. The van der Waals surface area contributed by atoms with Crippen LogP contribution < -0.4 is 0 Å². The van der Waals surface area contributed by atoms with Crippen LogP contribution in [0.5, 0.6) is 0 Å². The lowest BCUT2D eigenvalue weighted by Crippen LogP contribution is -2.04. The standard InChI is InChI=1S/C75H47N5O/c1-6-20-48(21-7-1)50-34-38-52(39-35-50)61-44-56(75-77-73(54-24-10-3-11-25-54)76-74(78-75)55-26-12-4-13-27-55)45-62(53-40-36-51(37-41-53)49-22-8-2-9-23-49)71(61)80-66-33-19-17-31-60(66)70-67(80)43-42-59-64-46-68-63(47-69(64)81-72(59)70)58-30-16-18-32-65(58)79(68)57-28-14-5-15-29-57/h1-47H. The summed E-state index contributed by atoms with van der Waals surface area (Å²) in [5.41, 5.74) is 19.6. The van der Waals surface area contributed by atoms with Crippen molar-refractivity contribution in [3.05, 3.63) is 285 Å². The van der Waals surface area contributed by atoms with Crippen LogP contribution in [-0.2, 0) is 0 Å². The molecule has 16 rings (SSSR count). The van der Waals surface area contributed by atoms with Gasteiger partial charge in [-0.25, -0.2) is 15.0 Å². The average Bonchev–Trinajstić information content (AvgIpc) is 4.23.